The first-order chi connectivity index (χ1) is 11.6. The first kappa shape index (κ1) is 15.9. The molecule has 5 heteroatoms. The highest BCUT2D eigenvalue weighted by molar-refractivity contribution is 9.10. The van der Waals surface area contributed by atoms with Gasteiger partial charge in [0.05, 0.1) is 6.33 Å². The molecule has 2 aromatic rings. The van der Waals surface area contributed by atoms with Gasteiger partial charge < -0.3 is 9.47 Å². The van der Waals surface area contributed by atoms with Crippen LogP contribution in [-0.2, 0) is 23.2 Å². The average Bonchev–Trinajstić information content (AvgIpc) is 3.21. The van der Waals surface area contributed by atoms with Crippen molar-refractivity contribution in [3.63, 3.8) is 0 Å². The molecule has 24 heavy (non-hydrogen) atoms. The molecule has 1 fully saturated rings. The molecule has 1 amide bonds. The molecular formula is C19H22BrN3O. The lowest BCUT2D eigenvalue weighted by molar-refractivity contribution is -0.135. The van der Waals surface area contributed by atoms with E-state index >= 15 is 0 Å². The molecule has 0 bridgehead atoms. The van der Waals surface area contributed by atoms with Gasteiger partial charge in [0.15, 0.2) is 0 Å². The number of nitrogens with zero attached hydrogens (tertiary/aromatic N) is 3. The number of hydrogen-bond acceptors (Lipinski definition) is 2. The van der Waals surface area contributed by atoms with E-state index in [2.05, 4.69) is 49.7 Å². The lowest BCUT2D eigenvalue weighted by Gasteiger charge is -2.30. The van der Waals surface area contributed by atoms with Gasteiger partial charge in [-0.25, -0.2) is 4.98 Å². The highest BCUT2D eigenvalue weighted by atomic mass is 79.9. The molecule has 1 saturated carbocycles. The Labute approximate surface area is 151 Å². The number of fused-ring (bicyclic) bond motifs is 1. The van der Waals surface area contributed by atoms with Crippen molar-refractivity contribution in [3.05, 3.63) is 52.5 Å². The second kappa shape index (κ2) is 6.03. The number of aromatic nitrogens is 2. The molecule has 0 spiro atoms. The molecule has 4 rings (SSSR count). The monoisotopic (exact) mass is 387 g/mol. The van der Waals surface area contributed by atoms with Gasteiger partial charge in [0.25, 0.3) is 0 Å². The minimum Gasteiger partial charge on any atom is -0.345 e. The number of aryl methyl sites for hydroxylation is 1. The maximum atomic E-state index is 12.9. The van der Waals surface area contributed by atoms with E-state index in [1.807, 2.05) is 24.5 Å². The Bertz CT molecular complexity index is 748. The van der Waals surface area contributed by atoms with Crippen LogP contribution in [0.4, 0.5) is 0 Å². The quantitative estimate of drug-likeness (QED) is 0.805. The SMILES string of the molecule is CN(CC1(c2ccc(Br)cc2)CC1)C(=O)C1CCn2cncc2C1. The van der Waals surface area contributed by atoms with Crippen LogP contribution < -0.4 is 0 Å². The van der Waals surface area contributed by atoms with Crippen LogP contribution in [0.3, 0.4) is 0 Å². The predicted molar refractivity (Wildman–Crippen MR) is 96.7 cm³/mol. The van der Waals surface area contributed by atoms with Gasteiger partial charge in [-0.1, -0.05) is 28.1 Å². The summed E-state index contributed by atoms with van der Waals surface area (Å²) < 4.78 is 3.26. The van der Waals surface area contributed by atoms with Gasteiger partial charge in [-0.2, -0.15) is 0 Å². The molecule has 0 saturated heterocycles. The number of hydrogen-bond donors (Lipinski definition) is 0. The Hall–Kier alpha value is -1.62. The zero-order valence-corrected chi connectivity index (χ0v) is 15.5. The first-order valence-electron chi connectivity index (χ1n) is 8.57. The van der Waals surface area contributed by atoms with Crippen molar-refractivity contribution in [2.45, 2.75) is 37.6 Å². The number of benzene rings is 1. The Morgan fingerprint density at radius 1 is 1.38 bits per heavy atom. The third-order valence-electron chi connectivity index (χ3n) is 5.55. The molecule has 0 radical (unpaired) electrons. The van der Waals surface area contributed by atoms with Crippen LogP contribution in [0, 0.1) is 5.92 Å². The van der Waals surface area contributed by atoms with Crippen LogP contribution in [0.15, 0.2) is 41.3 Å². The summed E-state index contributed by atoms with van der Waals surface area (Å²) in [5.41, 5.74) is 2.70. The first-order valence-corrected chi connectivity index (χ1v) is 9.37. The van der Waals surface area contributed by atoms with E-state index in [0.29, 0.717) is 0 Å². The minimum absolute atomic E-state index is 0.0971. The van der Waals surface area contributed by atoms with Crippen molar-refractivity contribution in [1.29, 1.82) is 0 Å². The van der Waals surface area contributed by atoms with E-state index in [-0.39, 0.29) is 17.2 Å². The molecule has 4 nitrogen and oxygen atoms in total. The van der Waals surface area contributed by atoms with Gasteiger partial charge in [-0.3, -0.25) is 4.79 Å². The fraction of sp³-hybridized carbons (Fsp3) is 0.474. The van der Waals surface area contributed by atoms with E-state index in [0.717, 1.165) is 30.4 Å². The van der Waals surface area contributed by atoms with Crippen LogP contribution in [0.1, 0.15) is 30.5 Å². The van der Waals surface area contributed by atoms with E-state index in [1.165, 1.54) is 24.1 Å². The van der Waals surface area contributed by atoms with Gasteiger partial charge in [0, 0.05) is 54.3 Å². The fourth-order valence-electron chi connectivity index (χ4n) is 3.92. The number of imidazole rings is 1. The van der Waals surface area contributed by atoms with Crippen molar-refractivity contribution < 1.29 is 4.79 Å². The predicted octanol–water partition coefficient (Wildman–Crippen LogP) is 3.40. The number of carbonyl (C=O) groups excluding carboxylic acids is 1. The van der Waals surface area contributed by atoms with Gasteiger partial charge in [-0.05, 0) is 37.0 Å². The molecule has 1 aromatic carbocycles. The Balaban J connectivity index is 1.43. The number of carbonyl (C=O) groups is 1. The van der Waals surface area contributed by atoms with Crippen LogP contribution >= 0.6 is 15.9 Å². The maximum Gasteiger partial charge on any atom is 0.225 e. The fourth-order valence-corrected chi connectivity index (χ4v) is 4.18. The summed E-state index contributed by atoms with van der Waals surface area (Å²) in [7, 11) is 1.97. The molecule has 126 valence electrons. The Morgan fingerprint density at radius 3 is 2.83 bits per heavy atom. The van der Waals surface area contributed by atoms with E-state index < -0.39 is 0 Å². The highest BCUT2D eigenvalue weighted by Gasteiger charge is 2.46. The largest absolute Gasteiger partial charge is 0.345 e. The van der Waals surface area contributed by atoms with Gasteiger partial charge in [0.2, 0.25) is 5.91 Å². The number of rotatable bonds is 4. The summed E-state index contributed by atoms with van der Waals surface area (Å²) in [5, 5.41) is 0. The van der Waals surface area contributed by atoms with E-state index in [4.69, 9.17) is 0 Å². The van der Waals surface area contributed by atoms with Crippen LogP contribution in [0.2, 0.25) is 0 Å². The smallest absolute Gasteiger partial charge is 0.225 e. The van der Waals surface area contributed by atoms with E-state index in [1.54, 1.807) is 0 Å². The van der Waals surface area contributed by atoms with E-state index in [9.17, 15) is 4.79 Å². The lowest BCUT2D eigenvalue weighted by atomic mass is 9.92. The number of likely N-dealkylation sites (N-methyl/N-ethyl adjacent to an activating group) is 1. The molecular weight excluding hydrogens is 366 g/mol. The summed E-state index contributed by atoms with van der Waals surface area (Å²) >= 11 is 3.50. The summed E-state index contributed by atoms with van der Waals surface area (Å²) in [6, 6.07) is 8.57. The zero-order valence-electron chi connectivity index (χ0n) is 13.9. The maximum absolute atomic E-state index is 12.9. The molecule has 1 aliphatic heterocycles. The van der Waals surface area contributed by atoms with Gasteiger partial charge in [0.1, 0.15) is 0 Å². The van der Waals surface area contributed by atoms with Crippen molar-refractivity contribution in [2.24, 2.45) is 5.92 Å². The molecule has 2 heterocycles. The summed E-state index contributed by atoms with van der Waals surface area (Å²) in [5.74, 6) is 0.380. The molecule has 0 N–H and O–H groups in total. The normalized spacial score (nSPS) is 21.2. The second-order valence-corrected chi connectivity index (χ2v) is 8.17. The molecule has 1 aliphatic carbocycles. The van der Waals surface area contributed by atoms with Crippen LogP contribution in [0.25, 0.3) is 0 Å². The summed E-state index contributed by atoms with van der Waals surface area (Å²) in [6.45, 7) is 1.72. The van der Waals surface area contributed by atoms with Crippen molar-refractivity contribution in [2.75, 3.05) is 13.6 Å². The molecule has 1 aromatic heterocycles. The second-order valence-electron chi connectivity index (χ2n) is 7.25. The van der Waals surface area contributed by atoms with Crippen molar-refractivity contribution in [1.82, 2.24) is 14.5 Å². The highest BCUT2D eigenvalue weighted by Crippen LogP contribution is 2.49. The number of halogens is 1. The van der Waals surface area contributed by atoms with Crippen LogP contribution in [0.5, 0.6) is 0 Å². The minimum atomic E-state index is 0.0971. The van der Waals surface area contributed by atoms with Gasteiger partial charge in [-0.15, -0.1) is 0 Å². The topological polar surface area (TPSA) is 38.1 Å². The third kappa shape index (κ3) is 2.90. The number of amides is 1. The lowest BCUT2D eigenvalue weighted by Crippen LogP contribution is -2.40. The van der Waals surface area contributed by atoms with Crippen molar-refractivity contribution in [3.8, 4) is 0 Å². The van der Waals surface area contributed by atoms with Crippen molar-refractivity contribution >= 4 is 21.8 Å². The standard InChI is InChI=1S/C19H22BrN3O/c1-22(12-19(7-8-19)15-2-4-16(20)5-3-15)18(24)14-6-9-23-13-21-11-17(23)10-14/h2-5,11,13-14H,6-10,12H2,1H3. The van der Waals surface area contributed by atoms with Gasteiger partial charge >= 0.3 is 0 Å². The third-order valence-corrected chi connectivity index (χ3v) is 6.08. The zero-order chi connectivity index (χ0) is 16.7. The Morgan fingerprint density at radius 2 is 2.12 bits per heavy atom. The summed E-state index contributed by atoms with van der Waals surface area (Å²) in [4.78, 5) is 19.1. The summed E-state index contributed by atoms with van der Waals surface area (Å²) in [6.07, 6.45) is 7.83. The molecule has 1 unspecified atom stereocenters. The molecule has 2 aliphatic rings. The van der Waals surface area contributed by atoms with Crippen LogP contribution in [-0.4, -0.2) is 34.0 Å². The average molecular weight is 388 g/mol. The Kier molecular flexibility index (Phi) is 3.99. The molecule has 1 atom stereocenters.